The summed E-state index contributed by atoms with van der Waals surface area (Å²) in [5, 5.41) is 0. The number of rotatable bonds is 7. The zero-order chi connectivity index (χ0) is 14.2. The molecule has 2 rings (SSSR count). The number of benzene rings is 2. The smallest absolute Gasteiger partial charge is 0.0288 e. The van der Waals surface area contributed by atoms with Gasteiger partial charge in [-0.3, -0.25) is 0 Å². The molecular formula is C18H18S2. The molecule has 0 saturated heterocycles. The van der Waals surface area contributed by atoms with Gasteiger partial charge in [-0.1, -0.05) is 95.4 Å². The third-order valence-electron chi connectivity index (χ3n) is 2.97. The van der Waals surface area contributed by atoms with Crippen LogP contribution in [0.25, 0.3) is 12.2 Å². The molecule has 0 atom stereocenters. The first-order chi connectivity index (χ1) is 9.81. The van der Waals surface area contributed by atoms with Gasteiger partial charge in [-0.2, -0.15) is 0 Å². The lowest BCUT2D eigenvalue weighted by atomic mass is 10.1. The van der Waals surface area contributed by atoms with Crippen LogP contribution in [0.3, 0.4) is 0 Å². The molecule has 0 aliphatic carbocycles. The zero-order valence-electron chi connectivity index (χ0n) is 11.4. The summed E-state index contributed by atoms with van der Waals surface area (Å²) in [5.74, 6) is 2.07. The van der Waals surface area contributed by atoms with Crippen molar-refractivity contribution < 1.29 is 0 Å². The average Bonchev–Trinajstić information content (AvgIpc) is 2.53. The van der Waals surface area contributed by atoms with E-state index in [1.807, 2.05) is 33.7 Å². The fraction of sp³-hybridized carbons (Fsp3) is 0.111. The van der Waals surface area contributed by atoms with Gasteiger partial charge in [0.25, 0.3) is 0 Å². The van der Waals surface area contributed by atoms with Crippen molar-refractivity contribution >= 4 is 33.7 Å². The minimum atomic E-state index is 1.03. The fourth-order valence-corrected chi connectivity index (χ4v) is 3.86. The Morgan fingerprint density at radius 2 is 1.00 bits per heavy atom. The predicted molar refractivity (Wildman–Crippen MR) is 95.7 cm³/mol. The minimum absolute atomic E-state index is 1.03. The Bertz CT molecular complexity index is 499. The van der Waals surface area contributed by atoms with Crippen LogP contribution in [0.2, 0.25) is 0 Å². The van der Waals surface area contributed by atoms with E-state index in [0.717, 1.165) is 11.5 Å². The van der Waals surface area contributed by atoms with E-state index < -0.39 is 0 Å². The second-order valence-electron chi connectivity index (χ2n) is 4.42. The molecule has 0 radical (unpaired) electrons. The SMILES string of the molecule is C=Cc1ccc(CSSCc2ccc(C=C)cc2)cc1. The van der Waals surface area contributed by atoms with Crippen LogP contribution in [-0.4, -0.2) is 0 Å². The number of hydrogen-bond acceptors (Lipinski definition) is 2. The van der Waals surface area contributed by atoms with E-state index in [1.165, 1.54) is 22.3 Å². The van der Waals surface area contributed by atoms with Crippen molar-refractivity contribution in [1.29, 1.82) is 0 Å². The predicted octanol–water partition coefficient (Wildman–Crippen LogP) is 6.05. The molecule has 0 amide bonds. The summed E-state index contributed by atoms with van der Waals surface area (Å²) >= 11 is 0. The topological polar surface area (TPSA) is 0 Å². The highest BCUT2D eigenvalue weighted by Crippen LogP contribution is 2.29. The molecule has 0 aromatic heterocycles. The molecule has 2 aromatic rings. The zero-order valence-corrected chi connectivity index (χ0v) is 13.1. The van der Waals surface area contributed by atoms with E-state index in [4.69, 9.17) is 0 Å². The summed E-state index contributed by atoms with van der Waals surface area (Å²) < 4.78 is 0. The lowest BCUT2D eigenvalue weighted by Gasteiger charge is -2.03. The molecule has 2 aromatic carbocycles. The summed E-state index contributed by atoms with van der Waals surface area (Å²) in [6.45, 7) is 7.53. The van der Waals surface area contributed by atoms with Crippen LogP contribution in [0.1, 0.15) is 22.3 Å². The fourth-order valence-electron chi connectivity index (χ4n) is 1.72. The van der Waals surface area contributed by atoms with E-state index >= 15 is 0 Å². The summed E-state index contributed by atoms with van der Waals surface area (Å²) in [7, 11) is 3.79. The van der Waals surface area contributed by atoms with Gasteiger partial charge in [0.15, 0.2) is 0 Å². The monoisotopic (exact) mass is 298 g/mol. The summed E-state index contributed by atoms with van der Waals surface area (Å²) in [6, 6.07) is 17.1. The van der Waals surface area contributed by atoms with Crippen molar-refractivity contribution in [3.63, 3.8) is 0 Å². The first-order valence-electron chi connectivity index (χ1n) is 6.49. The highest BCUT2D eigenvalue weighted by molar-refractivity contribution is 8.76. The van der Waals surface area contributed by atoms with Gasteiger partial charge in [0.05, 0.1) is 0 Å². The van der Waals surface area contributed by atoms with Gasteiger partial charge in [-0.05, 0) is 22.3 Å². The molecule has 0 N–H and O–H groups in total. The van der Waals surface area contributed by atoms with Crippen LogP contribution in [0, 0.1) is 0 Å². The molecular weight excluding hydrogens is 280 g/mol. The Labute approximate surface area is 129 Å². The van der Waals surface area contributed by atoms with Crippen molar-refractivity contribution in [3.05, 3.63) is 83.9 Å². The summed E-state index contributed by atoms with van der Waals surface area (Å²) in [4.78, 5) is 0. The molecule has 0 aliphatic heterocycles. The third-order valence-corrected chi connectivity index (χ3v) is 5.24. The van der Waals surface area contributed by atoms with E-state index in [0.29, 0.717) is 0 Å². The third kappa shape index (κ3) is 4.62. The molecule has 0 unspecified atom stereocenters. The standard InChI is InChI=1S/C18H18S2/c1-3-15-5-9-17(10-6-15)13-19-20-14-18-11-7-16(4-2)8-12-18/h3-12H,1-2,13-14H2. The van der Waals surface area contributed by atoms with Gasteiger partial charge >= 0.3 is 0 Å². The summed E-state index contributed by atoms with van der Waals surface area (Å²) in [5.41, 5.74) is 5.06. The van der Waals surface area contributed by atoms with Crippen molar-refractivity contribution in [1.82, 2.24) is 0 Å². The maximum Gasteiger partial charge on any atom is 0.0288 e. The maximum absolute atomic E-state index is 3.77. The molecule has 0 aliphatic rings. The Morgan fingerprint density at radius 3 is 1.30 bits per heavy atom. The lowest BCUT2D eigenvalue weighted by Crippen LogP contribution is -1.81. The van der Waals surface area contributed by atoms with Crippen molar-refractivity contribution in [2.75, 3.05) is 0 Å². The second-order valence-corrected chi connectivity index (χ2v) is 6.88. The molecule has 0 saturated carbocycles. The molecule has 20 heavy (non-hydrogen) atoms. The first-order valence-corrected chi connectivity index (χ1v) is 8.98. The summed E-state index contributed by atoms with van der Waals surface area (Å²) in [6.07, 6.45) is 3.75. The molecule has 0 fully saturated rings. The molecule has 102 valence electrons. The molecule has 2 heteroatoms. The van der Waals surface area contributed by atoms with Gasteiger partial charge in [-0.25, -0.2) is 0 Å². The van der Waals surface area contributed by atoms with Gasteiger partial charge in [0.1, 0.15) is 0 Å². The van der Waals surface area contributed by atoms with Crippen LogP contribution < -0.4 is 0 Å². The van der Waals surface area contributed by atoms with Gasteiger partial charge in [0, 0.05) is 11.5 Å². The van der Waals surface area contributed by atoms with Gasteiger partial charge in [-0.15, -0.1) is 0 Å². The Hall–Kier alpha value is -1.38. The first kappa shape index (κ1) is 15.0. The average molecular weight is 298 g/mol. The minimum Gasteiger partial charge on any atom is -0.0985 e. The Kier molecular flexibility index (Phi) is 6.03. The highest BCUT2D eigenvalue weighted by atomic mass is 33.1. The molecule has 0 heterocycles. The number of hydrogen-bond donors (Lipinski definition) is 0. The van der Waals surface area contributed by atoms with Crippen LogP contribution in [-0.2, 0) is 11.5 Å². The molecule has 0 bridgehead atoms. The van der Waals surface area contributed by atoms with E-state index in [1.54, 1.807) is 0 Å². The maximum atomic E-state index is 3.77. The van der Waals surface area contributed by atoms with Crippen molar-refractivity contribution in [2.24, 2.45) is 0 Å². The van der Waals surface area contributed by atoms with Crippen LogP contribution >= 0.6 is 21.6 Å². The molecule has 0 spiro atoms. The highest BCUT2D eigenvalue weighted by Gasteiger charge is 1.97. The molecule has 0 nitrogen and oxygen atoms in total. The Balaban J connectivity index is 1.74. The van der Waals surface area contributed by atoms with Crippen molar-refractivity contribution in [2.45, 2.75) is 11.5 Å². The van der Waals surface area contributed by atoms with Gasteiger partial charge < -0.3 is 0 Å². The van der Waals surface area contributed by atoms with Crippen LogP contribution in [0.4, 0.5) is 0 Å². The van der Waals surface area contributed by atoms with E-state index in [9.17, 15) is 0 Å². The lowest BCUT2D eigenvalue weighted by molar-refractivity contribution is 1.41. The van der Waals surface area contributed by atoms with Gasteiger partial charge in [0.2, 0.25) is 0 Å². The quantitative estimate of drug-likeness (QED) is 0.450. The second kappa shape index (κ2) is 8.03. The van der Waals surface area contributed by atoms with Crippen LogP contribution in [0.5, 0.6) is 0 Å². The normalized spacial score (nSPS) is 10.2. The van der Waals surface area contributed by atoms with Crippen molar-refractivity contribution in [3.8, 4) is 0 Å². The Morgan fingerprint density at radius 1 is 0.650 bits per heavy atom. The largest absolute Gasteiger partial charge is 0.0985 e. The van der Waals surface area contributed by atoms with Crippen LogP contribution in [0.15, 0.2) is 61.7 Å². The van der Waals surface area contributed by atoms with E-state index in [-0.39, 0.29) is 0 Å². The van der Waals surface area contributed by atoms with E-state index in [2.05, 4.69) is 61.7 Å².